The molecule has 0 aromatic heterocycles. The van der Waals surface area contributed by atoms with Crippen LogP contribution in [0.15, 0.2) is 0 Å². The minimum absolute atomic E-state index is 0.133. The summed E-state index contributed by atoms with van der Waals surface area (Å²) in [5.41, 5.74) is 1.15. The summed E-state index contributed by atoms with van der Waals surface area (Å²) in [5.74, 6) is -5.16. The molecule has 106 valence electrons. The fourth-order valence-corrected chi connectivity index (χ4v) is 2.17. The minimum atomic E-state index is -2.18. The summed E-state index contributed by atoms with van der Waals surface area (Å²) in [6, 6.07) is -1.20. The van der Waals surface area contributed by atoms with Gasteiger partial charge in [0.2, 0.25) is 5.82 Å². The van der Waals surface area contributed by atoms with E-state index < -0.39 is 46.6 Å². The van der Waals surface area contributed by atoms with Gasteiger partial charge in [-0.3, -0.25) is 11.3 Å². The SMILES string of the molecule is NNC(c1c(F)c(F)c(F)c(F)c1F)C1CCOC1. The van der Waals surface area contributed by atoms with Gasteiger partial charge in [0.25, 0.3) is 0 Å². The van der Waals surface area contributed by atoms with Crippen LogP contribution in [0.3, 0.4) is 0 Å². The minimum Gasteiger partial charge on any atom is -0.381 e. The lowest BCUT2D eigenvalue weighted by atomic mass is 9.91. The molecule has 1 heterocycles. The summed E-state index contributed by atoms with van der Waals surface area (Å²) in [6.45, 7) is 0.479. The molecule has 1 aliphatic heterocycles. The van der Waals surface area contributed by atoms with Crippen molar-refractivity contribution in [1.82, 2.24) is 5.43 Å². The van der Waals surface area contributed by atoms with Crippen LogP contribution >= 0.6 is 0 Å². The van der Waals surface area contributed by atoms with E-state index in [0.717, 1.165) is 0 Å². The Balaban J connectivity index is 2.53. The van der Waals surface area contributed by atoms with Crippen molar-refractivity contribution in [1.29, 1.82) is 0 Å². The van der Waals surface area contributed by atoms with Gasteiger partial charge in [-0.25, -0.2) is 22.0 Å². The average Bonchev–Trinajstić information content (AvgIpc) is 2.93. The highest BCUT2D eigenvalue weighted by Crippen LogP contribution is 2.34. The number of rotatable bonds is 3. The van der Waals surface area contributed by atoms with E-state index in [2.05, 4.69) is 5.43 Å². The molecule has 0 bridgehead atoms. The van der Waals surface area contributed by atoms with Gasteiger partial charge in [-0.2, -0.15) is 0 Å². The number of benzene rings is 1. The van der Waals surface area contributed by atoms with Crippen LogP contribution in [-0.2, 0) is 4.74 Å². The predicted octanol–water partition coefficient (Wildman–Crippen LogP) is 1.92. The Kier molecular flexibility index (Phi) is 4.02. The molecule has 1 saturated heterocycles. The second-order valence-corrected chi connectivity index (χ2v) is 4.25. The van der Waals surface area contributed by atoms with Crippen molar-refractivity contribution in [2.45, 2.75) is 12.5 Å². The first-order valence-corrected chi connectivity index (χ1v) is 5.54. The van der Waals surface area contributed by atoms with Crippen molar-refractivity contribution in [3.63, 3.8) is 0 Å². The van der Waals surface area contributed by atoms with E-state index in [4.69, 9.17) is 10.6 Å². The quantitative estimate of drug-likeness (QED) is 0.293. The molecule has 2 rings (SSSR count). The molecular weight excluding hydrogens is 271 g/mol. The Labute approximate surface area is 105 Å². The maximum atomic E-state index is 13.6. The molecule has 1 fully saturated rings. The maximum Gasteiger partial charge on any atom is 0.200 e. The summed E-state index contributed by atoms with van der Waals surface area (Å²) in [4.78, 5) is 0. The van der Waals surface area contributed by atoms with Gasteiger partial charge in [0.05, 0.1) is 12.6 Å². The maximum absolute atomic E-state index is 13.6. The highest BCUT2D eigenvalue weighted by molar-refractivity contribution is 5.27. The van der Waals surface area contributed by atoms with Gasteiger partial charge in [-0.15, -0.1) is 0 Å². The molecule has 3 nitrogen and oxygen atoms in total. The lowest BCUT2D eigenvalue weighted by Gasteiger charge is -2.23. The molecule has 0 spiro atoms. The van der Waals surface area contributed by atoms with Crippen molar-refractivity contribution in [3.8, 4) is 0 Å². The molecule has 2 atom stereocenters. The topological polar surface area (TPSA) is 47.3 Å². The third kappa shape index (κ3) is 2.31. The monoisotopic (exact) mass is 282 g/mol. The van der Waals surface area contributed by atoms with Gasteiger partial charge in [-0.05, 0) is 6.42 Å². The van der Waals surface area contributed by atoms with E-state index in [9.17, 15) is 22.0 Å². The molecule has 1 aromatic rings. The molecule has 2 unspecified atom stereocenters. The number of hydrazine groups is 1. The second-order valence-electron chi connectivity index (χ2n) is 4.25. The van der Waals surface area contributed by atoms with Crippen molar-refractivity contribution in [2.75, 3.05) is 13.2 Å². The van der Waals surface area contributed by atoms with Crippen LogP contribution in [0.2, 0.25) is 0 Å². The molecule has 0 aliphatic carbocycles. The highest BCUT2D eigenvalue weighted by Gasteiger charge is 2.35. The fraction of sp³-hybridized carbons (Fsp3) is 0.455. The number of halogens is 5. The van der Waals surface area contributed by atoms with Crippen LogP contribution in [-0.4, -0.2) is 13.2 Å². The Morgan fingerprint density at radius 2 is 1.53 bits per heavy atom. The lowest BCUT2D eigenvalue weighted by Crippen LogP contribution is -2.36. The lowest BCUT2D eigenvalue weighted by molar-refractivity contribution is 0.175. The molecule has 1 aromatic carbocycles. The van der Waals surface area contributed by atoms with Gasteiger partial charge in [0, 0.05) is 18.1 Å². The standard InChI is InChI=1S/C11H11F5N2O/c12-6-5(7(13)9(15)10(16)8(6)14)11(18-17)4-1-2-19-3-4/h4,11,18H,1-3,17H2. The number of nitrogens with two attached hydrogens (primary N) is 1. The summed E-state index contributed by atoms with van der Waals surface area (Å²) >= 11 is 0. The number of ether oxygens (including phenoxy) is 1. The van der Waals surface area contributed by atoms with Crippen LogP contribution in [0.1, 0.15) is 18.0 Å². The molecule has 1 aliphatic rings. The van der Waals surface area contributed by atoms with Gasteiger partial charge >= 0.3 is 0 Å². The van der Waals surface area contributed by atoms with E-state index in [1.54, 1.807) is 0 Å². The first-order valence-electron chi connectivity index (χ1n) is 5.54. The Bertz CT molecular complexity index is 461. The largest absolute Gasteiger partial charge is 0.381 e. The van der Waals surface area contributed by atoms with Gasteiger partial charge < -0.3 is 4.74 Å². The van der Waals surface area contributed by atoms with Crippen molar-refractivity contribution >= 4 is 0 Å². The Hall–Kier alpha value is -1.25. The molecule has 0 radical (unpaired) electrons. The van der Waals surface area contributed by atoms with Crippen LogP contribution < -0.4 is 11.3 Å². The molecule has 19 heavy (non-hydrogen) atoms. The van der Waals surface area contributed by atoms with E-state index >= 15 is 0 Å². The number of nitrogens with one attached hydrogen (secondary N) is 1. The first kappa shape index (κ1) is 14.2. The molecular formula is C11H11F5N2O. The van der Waals surface area contributed by atoms with Crippen molar-refractivity contribution < 1.29 is 26.7 Å². The normalized spacial score (nSPS) is 20.8. The van der Waals surface area contributed by atoms with Gasteiger partial charge in [0.1, 0.15) is 0 Å². The third-order valence-electron chi connectivity index (χ3n) is 3.17. The first-order chi connectivity index (χ1) is 8.99. The zero-order chi connectivity index (χ0) is 14.2. The highest BCUT2D eigenvalue weighted by atomic mass is 19.2. The van der Waals surface area contributed by atoms with E-state index in [0.29, 0.717) is 13.0 Å². The van der Waals surface area contributed by atoms with Gasteiger partial charge in [-0.1, -0.05) is 0 Å². The van der Waals surface area contributed by atoms with Crippen LogP contribution in [0.4, 0.5) is 22.0 Å². The summed E-state index contributed by atoms with van der Waals surface area (Å²) in [5, 5.41) is 0. The van der Waals surface area contributed by atoms with Crippen molar-refractivity contribution in [3.05, 3.63) is 34.6 Å². The second kappa shape index (κ2) is 5.40. The smallest absolute Gasteiger partial charge is 0.200 e. The summed E-state index contributed by atoms with van der Waals surface area (Å²) in [7, 11) is 0. The zero-order valence-corrected chi connectivity index (χ0v) is 9.65. The average molecular weight is 282 g/mol. The van der Waals surface area contributed by atoms with Gasteiger partial charge in [0.15, 0.2) is 23.3 Å². The van der Waals surface area contributed by atoms with Crippen LogP contribution in [0.25, 0.3) is 0 Å². The fourth-order valence-electron chi connectivity index (χ4n) is 2.17. The summed E-state index contributed by atoms with van der Waals surface area (Å²) in [6.07, 6.45) is 0.411. The molecule has 3 N–H and O–H groups in total. The Morgan fingerprint density at radius 1 is 1.00 bits per heavy atom. The molecule has 8 heteroatoms. The molecule has 0 saturated carbocycles. The van der Waals surface area contributed by atoms with Crippen LogP contribution in [0, 0.1) is 35.0 Å². The number of hydrogen-bond acceptors (Lipinski definition) is 3. The zero-order valence-electron chi connectivity index (χ0n) is 9.65. The van der Waals surface area contributed by atoms with E-state index in [1.165, 1.54) is 0 Å². The van der Waals surface area contributed by atoms with Crippen LogP contribution in [0.5, 0.6) is 0 Å². The summed E-state index contributed by atoms with van der Waals surface area (Å²) < 4.78 is 71.5. The third-order valence-corrected chi connectivity index (χ3v) is 3.17. The van der Waals surface area contributed by atoms with Crippen molar-refractivity contribution in [2.24, 2.45) is 11.8 Å². The van der Waals surface area contributed by atoms with E-state index in [-0.39, 0.29) is 6.61 Å². The van der Waals surface area contributed by atoms with E-state index in [1.807, 2.05) is 0 Å². The predicted molar refractivity (Wildman–Crippen MR) is 55.2 cm³/mol. The molecule has 0 amide bonds. The number of hydrogen-bond donors (Lipinski definition) is 2. The Morgan fingerprint density at radius 3 is 1.95 bits per heavy atom.